The molecular weight excluding hydrogens is 336 g/mol. The van der Waals surface area contributed by atoms with Crippen molar-refractivity contribution in [2.24, 2.45) is 17.8 Å². The van der Waals surface area contributed by atoms with Gasteiger partial charge in [-0.15, -0.1) is 0 Å². The van der Waals surface area contributed by atoms with Crippen LogP contribution in [0.15, 0.2) is 30.3 Å². The molecule has 0 spiro atoms. The maximum absolute atomic E-state index is 12.3. The zero-order valence-electron chi connectivity index (χ0n) is 17.2. The fourth-order valence-electron chi connectivity index (χ4n) is 4.76. The molecule has 4 atom stereocenters. The van der Waals surface area contributed by atoms with Gasteiger partial charge in [-0.1, -0.05) is 32.0 Å². The van der Waals surface area contributed by atoms with E-state index in [4.69, 9.17) is 0 Å². The highest BCUT2D eigenvalue weighted by atomic mass is 16.2. The van der Waals surface area contributed by atoms with E-state index in [0.717, 1.165) is 57.5 Å². The van der Waals surface area contributed by atoms with Crippen LogP contribution in [0.3, 0.4) is 0 Å². The summed E-state index contributed by atoms with van der Waals surface area (Å²) in [6.07, 6.45) is 2.45. The molecule has 27 heavy (non-hydrogen) atoms. The number of likely N-dealkylation sites (tertiary alicyclic amines) is 1. The third-order valence-electron chi connectivity index (χ3n) is 5.81. The Morgan fingerprint density at radius 3 is 2.56 bits per heavy atom. The third kappa shape index (κ3) is 6.13. The molecule has 2 fully saturated rings. The first-order valence-electron chi connectivity index (χ1n) is 10.6. The SMILES string of the molecule is C[C@@H]1C[C@H](C)CN(C[C@@H](C)NC(=O)NC[C@H]2CCN(c3ccccc3)C2)C1. The molecule has 5 nitrogen and oxygen atoms in total. The predicted molar refractivity (Wildman–Crippen MR) is 112 cm³/mol. The van der Waals surface area contributed by atoms with E-state index in [1.807, 2.05) is 0 Å². The van der Waals surface area contributed by atoms with E-state index in [1.165, 1.54) is 12.1 Å². The van der Waals surface area contributed by atoms with Gasteiger partial charge >= 0.3 is 6.03 Å². The Bertz CT molecular complexity index is 583. The molecule has 0 radical (unpaired) electrons. The summed E-state index contributed by atoms with van der Waals surface area (Å²) in [4.78, 5) is 17.2. The van der Waals surface area contributed by atoms with Gasteiger partial charge in [-0.2, -0.15) is 0 Å². The van der Waals surface area contributed by atoms with Gasteiger partial charge in [-0.3, -0.25) is 0 Å². The number of rotatable bonds is 6. The molecule has 150 valence electrons. The van der Waals surface area contributed by atoms with Gasteiger partial charge in [0.05, 0.1) is 0 Å². The fraction of sp³-hybridized carbons (Fsp3) is 0.682. The van der Waals surface area contributed by atoms with Gasteiger partial charge in [0.1, 0.15) is 0 Å². The lowest BCUT2D eigenvalue weighted by atomic mass is 9.92. The zero-order valence-corrected chi connectivity index (χ0v) is 17.2. The first-order chi connectivity index (χ1) is 13.0. The first kappa shape index (κ1) is 20.0. The average Bonchev–Trinajstić information content (AvgIpc) is 3.09. The Hall–Kier alpha value is -1.75. The number of anilines is 1. The number of piperidine rings is 1. The summed E-state index contributed by atoms with van der Waals surface area (Å²) in [5, 5.41) is 6.21. The van der Waals surface area contributed by atoms with Gasteiger partial charge in [-0.25, -0.2) is 4.79 Å². The van der Waals surface area contributed by atoms with E-state index in [1.54, 1.807) is 0 Å². The van der Waals surface area contributed by atoms with Crippen molar-refractivity contribution < 1.29 is 4.79 Å². The summed E-state index contributed by atoms with van der Waals surface area (Å²) in [5.74, 6) is 2.03. The maximum Gasteiger partial charge on any atom is 0.315 e. The average molecular weight is 373 g/mol. The molecule has 0 bridgehead atoms. The molecule has 0 unspecified atom stereocenters. The normalized spacial score (nSPS) is 27.4. The lowest BCUT2D eigenvalue weighted by molar-refractivity contribution is 0.131. The summed E-state index contributed by atoms with van der Waals surface area (Å²) in [6.45, 7) is 12.8. The smallest absolute Gasteiger partial charge is 0.315 e. The minimum atomic E-state index is -0.0289. The van der Waals surface area contributed by atoms with Crippen LogP contribution in [0.5, 0.6) is 0 Å². The van der Waals surface area contributed by atoms with E-state index < -0.39 is 0 Å². The zero-order chi connectivity index (χ0) is 19.2. The second-order valence-corrected chi connectivity index (χ2v) is 8.86. The van der Waals surface area contributed by atoms with Crippen molar-refractivity contribution in [3.63, 3.8) is 0 Å². The third-order valence-corrected chi connectivity index (χ3v) is 5.81. The van der Waals surface area contributed by atoms with Gasteiger partial charge in [0.2, 0.25) is 0 Å². The van der Waals surface area contributed by atoms with Gasteiger partial charge in [-0.05, 0) is 49.7 Å². The van der Waals surface area contributed by atoms with Crippen LogP contribution in [0.1, 0.15) is 33.6 Å². The lowest BCUT2D eigenvalue weighted by Crippen LogP contribution is -2.49. The molecule has 2 heterocycles. The fourth-order valence-corrected chi connectivity index (χ4v) is 4.76. The number of hydrogen-bond donors (Lipinski definition) is 2. The number of nitrogens with zero attached hydrogens (tertiary/aromatic N) is 2. The molecule has 0 aliphatic carbocycles. The van der Waals surface area contributed by atoms with Gasteiger partial charge in [0.15, 0.2) is 0 Å². The second kappa shape index (κ2) is 9.45. The van der Waals surface area contributed by atoms with Crippen molar-refractivity contribution in [2.45, 2.75) is 39.7 Å². The Morgan fingerprint density at radius 2 is 1.85 bits per heavy atom. The topological polar surface area (TPSA) is 47.6 Å². The molecule has 0 aromatic heterocycles. The Labute approximate surface area is 164 Å². The van der Waals surface area contributed by atoms with Gasteiger partial charge in [0.25, 0.3) is 0 Å². The molecule has 2 saturated heterocycles. The van der Waals surface area contributed by atoms with E-state index in [9.17, 15) is 4.79 Å². The minimum Gasteiger partial charge on any atom is -0.371 e. The number of urea groups is 1. The summed E-state index contributed by atoms with van der Waals surface area (Å²) < 4.78 is 0. The van der Waals surface area contributed by atoms with E-state index >= 15 is 0 Å². The van der Waals surface area contributed by atoms with E-state index in [2.05, 4.69) is 71.5 Å². The predicted octanol–water partition coefficient (Wildman–Crippen LogP) is 3.18. The number of amides is 2. The van der Waals surface area contributed by atoms with Crippen LogP contribution in [-0.4, -0.2) is 56.2 Å². The van der Waals surface area contributed by atoms with Crippen molar-refractivity contribution in [3.8, 4) is 0 Å². The number of carbonyl (C=O) groups excluding carboxylic acids is 1. The quantitative estimate of drug-likeness (QED) is 0.806. The van der Waals surface area contributed by atoms with Crippen molar-refractivity contribution >= 4 is 11.7 Å². The standard InChI is InChI=1S/C22H36N4O/c1-17-11-18(2)14-25(13-17)15-19(3)24-22(27)23-12-20-9-10-26(16-20)21-7-5-4-6-8-21/h4-8,17-20H,9-16H2,1-3H3,(H2,23,24,27)/t17-,18+,19-,20-/m1/s1. The molecular formula is C22H36N4O. The molecule has 5 heteroatoms. The highest BCUT2D eigenvalue weighted by Crippen LogP contribution is 2.23. The van der Waals surface area contributed by atoms with Crippen LogP contribution in [0.4, 0.5) is 10.5 Å². The number of carbonyl (C=O) groups is 1. The number of benzene rings is 1. The Morgan fingerprint density at radius 1 is 1.15 bits per heavy atom. The lowest BCUT2D eigenvalue weighted by Gasteiger charge is -2.36. The van der Waals surface area contributed by atoms with Crippen molar-refractivity contribution in [1.82, 2.24) is 15.5 Å². The van der Waals surface area contributed by atoms with Crippen LogP contribution < -0.4 is 15.5 Å². The maximum atomic E-state index is 12.3. The summed E-state index contributed by atoms with van der Waals surface area (Å²) in [5.41, 5.74) is 1.28. The number of para-hydroxylation sites is 1. The highest BCUT2D eigenvalue weighted by molar-refractivity contribution is 5.74. The largest absolute Gasteiger partial charge is 0.371 e. The number of hydrogen-bond acceptors (Lipinski definition) is 3. The van der Waals surface area contributed by atoms with Crippen LogP contribution in [0, 0.1) is 17.8 Å². The summed E-state index contributed by atoms with van der Waals surface area (Å²) >= 11 is 0. The minimum absolute atomic E-state index is 0.0289. The molecule has 2 aliphatic heterocycles. The van der Waals surface area contributed by atoms with Gasteiger partial charge in [0, 0.05) is 51.0 Å². The molecule has 2 aliphatic rings. The Kier molecular flexibility index (Phi) is 7.00. The van der Waals surface area contributed by atoms with Crippen molar-refractivity contribution in [1.29, 1.82) is 0 Å². The van der Waals surface area contributed by atoms with Crippen molar-refractivity contribution in [3.05, 3.63) is 30.3 Å². The first-order valence-corrected chi connectivity index (χ1v) is 10.6. The van der Waals surface area contributed by atoms with E-state index in [-0.39, 0.29) is 12.1 Å². The second-order valence-electron chi connectivity index (χ2n) is 8.86. The Balaban J connectivity index is 1.35. The number of nitrogens with one attached hydrogen (secondary N) is 2. The highest BCUT2D eigenvalue weighted by Gasteiger charge is 2.25. The molecule has 2 N–H and O–H groups in total. The summed E-state index contributed by atoms with van der Waals surface area (Å²) in [7, 11) is 0. The molecule has 3 rings (SSSR count). The molecule has 0 saturated carbocycles. The van der Waals surface area contributed by atoms with Crippen LogP contribution in [-0.2, 0) is 0 Å². The van der Waals surface area contributed by atoms with E-state index in [0.29, 0.717) is 5.92 Å². The van der Waals surface area contributed by atoms with Crippen LogP contribution in [0.25, 0.3) is 0 Å². The van der Waals surface area contributed by atoms with Crippen molar-refractivity contribution in [2.75, 3.05) is 44.2 Å². The molecule has 2 amide bonds. The molecule has 1 aromatic carbocycles. The van der Waals surface area contributed by atoms with Gasteiger partial charge < -0.3 is 20.4 Å². The molecule has 1 aromatic rings. The van der Waals surface area contributed by atoms with Crippen LogP contribution >= 0.6 is 0 Å². The monoisotopic (exact) mass is 372 g/mol. The summed E-state index contributed by atoms with van der Waals surface area (Å²) in [6, 6.07) is 10.7. The van der Waals surface area contributed by atoms with Crippen LogP contribution in [0.2, 0.25) is 0 Å².